The monoisotopic (exact) mass is 259 g/mol. The summed E-state index contributed by atoms with van der Waals surface area (Å²) in [6.07, 6.45) is 0. The molecule has 0 fully saturated rings. The van der Waals surface area contributed by atoms with Crippen LogP contribution in [-0.4, -0.2) is 11.7 Å². The molecule has 0 heterocycles. The Morgan fingerprint density at radius 1 is 1.11 bits per heavy atom. The van der Waals surface area contributed by atoms with Gasteiger partial charge in [0.2, 0.25) is 0 Å². The van der Waals surface area contributed by atoms with Crippen LogP contribution >= 0.6 is 0 Å². The van der Waals surface area contributed by atoms with Crippen molar-refractivity contribution >= 4 is 5.69 Å². The van der Waals surface area contributed by atoms with E-state index < -0.39 is 0 Å². The number of anilines is 1. The van der Waals surface area contributed by atoms with Crippen molar-refractivity contribution in [3.05, 3.63) is 48.0 Å². The number of para-hydroxylation sites is 1. The zero-order chi connectivity index (χ0) is 13.7. The minimum Gasteiger partial charge on any atom is -0.492 e. The number of rotatable bonds is 5. The highest BCUT2D eigenvalue weighted by molar-refractivity contribution is 5.63. The van der Waals surface area contributed by atoms with E-state index in [9.17, 15) is 0 Å². The maximum atomic E-state index is 9.10. The second-order valence-corrected chi connectivity index (χ2v) is 4.01. The number of hydrogen-bond acceptors (Lipinski definition) is 4. The summed E-state index contributed by atoms with van der Waals surface area (Å²) in [6.45, 7) is 2.43. The third-order valence-corrected chi connectivity index (χ3v) is 2.63. The first-order valence-electron chi connectivity index (χ1n) is 6.13. The lowest BCUT2D eigenvalue weighted by Crippen LogP contribution is -1.99. The van der Waals surface area contributed by atoms with Gasteiger partial charge < -0.3 is 20.3 Å². The third-order valence-electron chi connectivity index (χ3n) is 2.63. The number of nitrogen functional groups attached to an aromatic ring is 1. The molecular formula is C15H17NO3. The molecule has 0 bridgehead atoms. The van der Waals surface area contributed by atoms with Gasteiger partial charge in [0, 0.05) is 0 Å². The van der Waals surface area contributed by atoms with Gasteiger partial charge in [0.15, 0.2) is 5.75 Å². The van der Waals surface area contributed by atoms with Crippen LogP contribution in [0.2, 0.25) is 0 Å². The van der Waals surface area contributed by atoms with Gasteiger partial charge >= 0.3 is 0 Å². The van der Waals surface area contributed by atoms with Crippen molar-refractivity contribution in [3.8, 4) is 17.2 Å². The SMILES string of the molecule is CCOc1cccc(Oc2cccc(CO)c2)c1N. The molecule has 4 heteroatoms. The standard InChI is InChI=1S/C15H17NO3/c1-2-18-13-7-4-8-14(15(13)16)19-12-6-3-5-11(9-12)10-17/h3-9,17H,2,10,16H2,1H3. The first-order chi connectivity index (χ1) is 9.24. The van der Waals surface area contributed by atoms with Crippen molar-refractivity contribution in [1.82, 2.24) is 0 Å². The van der Waals surface area contributed by atoms with Gasteiger partial charge in [0.1, 0.15) is 17.2 Å². The van der Waals surface area contributed by atoms with Gasteiger partial charge in [-0.15, -0.1) is 0 Å². The molecule has 0 atom stereocenters. The largest absolute Gasteiger partial charge is 0.492 e. The molecule has 0 radical (unpaired) electrons. The fourth-order valence-corrected chi connectivity index (χ4v) is 1.73. The molecule has 2 rings (SSSR count). The number of benzene rings is 2. The molecule has 0 aliphatic carbocycles. The van der Waals surface area contributed by atoms with Crippen LogP contribution in [-0.2, 0) is 6.61 Å². The van der Waals surface area contributed by atoms with E-state index in [0.29, 0.717) is 29.5 Å². The van der Waals surface area contributed by atoms with Crippen LogP contribution in [0.25, 0.3) is 0 Å². The molecule has 0 unspecified atom stereocenters. The van der Waals surface area contributed by atoms with Crippen molar-refractivity contribution in [2.45, 2.75) is 13.5 Å². The number of ether oxygens (including phenoxy) is 2. The predicted octanol–water partition coefficient (Wildman–Crippen LogP) is 2.95. The van der Waals surface area contributed by atoms with Crippen molar-refractivity contribution < 1.29 is 14.6 Å². The number of aliphatic hydroxyl groups is 1. The Morgan fingerprint density at radius 2 is 1.84 bits per heavy atom. The van der Waals surface area contributed by atoms with Gasteiger partial charge in [0.25, 0.3) is 0 Å². The lowest BCUT2D eigenvalue weighted by Gasteiger charge is -2.12. The summed E-state index contributed by atoms with van der Waals surface area (Å²) in [6, 6.07) is 12.6. The van der Waals surface area contributed by atoms with E-state index in [-0.39, 0.29) is 6.61 Å². The van der Waals surface area contributed by atoms with Crippen molar-refractivity contribution in [2.75, 3.05) is 12.3 Å². The smallest absolute Gasteiger partial charge is 0.154 e. The highest BCUT2D eigenvalue weighted by Crippen LogP contribution is 2.34. The minimum atomic E-state index is -0.0222. The molecule has 3 N–H and O–H groups in total. The molecule has 2 aromatic rings. The van der Waals surface area contributed by atoms with Gasteiger partial charge in [-0.1, -0.05) is 18.2 Å². The average Bonchev–Trinajstić information content (AvgIpc) is 2.44. The number of aliphatic hydroxyl groups excluding tert-OH is 1. The molecule has 0 saturated carbocycles. The first kappa shape index (κ1) is 13.2. The Labute approximate surface area is 112 Å². The fourth-order valence-electron chi connectivity index (χ4n) is 1.73. The maximum absolute atomic E-state index is 9.10. The summed E-state index contributed by atoms with van der Waals surface area (Å²) in [5.74, 6) is 1.78. The van der Waals surface area contributed by atoms with Gasteiger partial charge in [-0.3, -0.25) is 0 Å². The minimum absolute atomic E-state index is 0.0222. The van der Waals surface area contributed by atoms with E-state index in [0.717, 1.165) is 5.56 Å². The van der Waals surface area contributed by atoms with E-state index in [2.05, 4.69) is 0 Å². The zero-order valence-electron chi connectivity index (χ0n) is 10.8. The van der Waals surface area contributed by atoms with E-state index in [4.69, 9.17) is 20.3 Å². The molecule has 0 aromatic heterocycles. The summed E-state index contributed by atoms with van der Waals surface area (Å²) in [5, 5.41) is 9.10. The van der Waals surface area contributed by atoms with Crippen LogP contribution in [0.15, 0.2) is 42.5 Å². The Balaban J connectivity index is 2.25. The second kappa shape index (κ2) is 6.11. The second-order valence-electron chi connectivity index (χ2n) is 4.01. The summed E-state index contributed by atoms with van der Waals surface area (Å²) in [4.78, 5) is 0. The van der Waals surface area contributed by atoms with E-state index in [1.54, 1.807) is 18.2 Å². The van der Waals surface area contributed by atoms with Crippen molar-refractivity contribution in [2.24, 2.45) is 0 Å². The van der Waals surface area contributed by atoms with Crippen LogP contribution in [0.4, 0.5) is 5.69 Å². The zero-order valence-corrected chi connectivity index (χ0v) is 10.8. The van der Waals surface area contributed by atoms with E-state index in [1.807, 2.05) is 31.2 Å². The molecule has 4 nitrogen and oxygen atoms in total. The highest BCUT2D eigenvalue weighted by Gasteiger charge is 2.08. The molecule has 2 aromatic carbocycles. The molecule has 0 aliphatic heterocycles. The van der Waals surface area contributed by atoms with Crippen LogP contribution in [0.1, 0.15) is 12.5 Å². The molecule has 19 heavy (non-hydrogen) atoms. The van der Waals surface area contributed by atoms with E-state index in [1.165, 1.54) is 0 Å². The Kier molecular flexibility index (Phi) is 4.26. The fraction of sp³-hybridized carbons (Fsp3) is 0.200. The van der Waals surface area contributed by atoms with Crippen molar-refractivity contribution in [3.63, 3.8) is 0 Å². The Hall–Kier alpha value is -2.20. The molecular weight excluding hydrogens is 242 g/mol. The summed E-state index contributed by atoms with van der Waals surface area (Å²) < 4.78 is 11.1. The van der Waals surface area contributed by atoms with Crippen LogP contribution in [0.5, 0.6) is 17.2 Å². The van der Waals surface area contributed by atoms with Crippen LogP contribution < -0.4 is 15.2 Å². The van der Waals surface area contributed by atoms with Gasteiger partial charge in [0.05, 0.1) is 13.2 Å². The van der Waals surface area contributed by atoms with E-state index >= 15 is 0 Å². The van der Waals surface area contributed by atoms with Crippen LogP contribution in [0.3, 0.4) is 0 Å². The Bertz CT molecular complexity index is 555. The topological polar surface area (TPSA) is 64.7 Å². The molecule has 0 spiro atoms. The summed E-state index contributed by atoms with van der Waals surface area (Å²) in [7, 11) is 0. The Morgan fingerprint density at radius 3 is 2.58 bits per heavy atom. The highest BCUT2D eigenvalue weighted by atomic mass is 16.5. The first-order valence-corrected chi connectivity index (χ1v) is 6.13. The van der Waals surface area contributed by atoms with Crippen molar-refractivity contribution in [1.29, 1.82) is 0 Å². The quantitative estimate of drug-likeness (QED) is 0.810. The number of hydrogen-bond donors (Lipinski definition) is 2. The third kappa shape index (κ3) is 3.17. The predicted molar refractivity (Wildman–Crippen MR) is 74.5 cm³/mol. The molecule has 100 valence electrons. The summed E-state index contributed by atoms with van der Waals surface area (Å²) >= 11 is 0. The summed E-state index contributed by atoms with van der Waals surface area (Å²) in [5.41, 5.74) is 7.25. The molecule has 0 saturated heterocycles. The maximum Gasteiger partial charge on any atom is 0.154 e. The lowest BCUT2D eigenvalue weighted by atomic mass is 10.2. The lowest BCUT2D eigenvalue weighted by molar-refractivity contribution is 0.281. The van der Waals surface area contributed by atoms with Gasteiger partial charge in [-0.05, 0) is 36.8 Å². The number of nitrogens with two attached hydrogens (primary N) is 1. The van der Waals surface area contributed by atoms with Gasteiger partial charge in [-0.2, -0.15) is 0 Å². The average molecular weight is 259 g/mol. The normalized spacial score (nSPS) is 10.2. The van der Waals surface area contributed by atoms with Gasteiger partial charge in [-0.25, -0.2) is 0 Å². The molecule has 0 amide bonds. The van der Waals surface area contributed by atoms with Crippen LogP contribution in [0, 0.1) is 0 Å². The molecule has 0 aliphatic rings.